The van der Waals surface area contributed by atoms with Crippen molar-refractivity contribution in [3.8, 4) is 5.75 Å². The van der Waals surface area contributed by atoms with E-state index >= 15 is 0 Å². The maximum absolute atomic E-state index is 13.3. The minimum absolute atomic E-state index is 0.00465. The smallest absolute Gasteiger partial charge is 0.237 e. The number of fused-ring (bicyclic) bond motifs is 3. The molecule has 2 aliphatic heterocycles. The number of anilines is 1. The van der Waals surface area contributed by atoms with Crippen LogP contribution in [0.1, 0.15) is 42.5 Å². The van der Waals surface area contributed by atoms with Crippen molar-refractivity contribution in [2.45, 2.75) is 51.7 Å². The topological polar surface area (TPSA) is 49.8 Å². The van der Waals surface area contributed by atoms with E-state index in [0.717, 1.165) is 40.1 Å². The Morgan fingerprint density at radius 3 is 2.69 bits per heavy atom. The molecular formula is C22H25NO3. The van der Waals surface area contributed by atoms with Gasteiger partial charge in [-0.2, -0.15) is 0 Å². The largest absolute Gasteiger partial charge is 0.489 e. The van der Waals surface area contributed by atoms with Crippen LogP contribution in [0.2, 0.25) is 0 Å². The molecule has 2 aromatic carbocycles. The van der Waals surface area contributed by atoms with Gasteiger partial charge in [0.25, 0.3) is 0 Å². The number of ether oxygens (including phenoxy) is 1. The minimum Gasteiger partial charge on any atom is -0.489 e. The molecule has 136 valence electrons. The zero-order chi connectivity index (χ0) is 18.5. The van der Waals surface area contributed by atoms with Gasteiger partial charge in [0.1, 0.15) is 11.9 Å². The van der Waals surface area contributed by atoms with E-state index in [0.29, 0.717) is 13.0 Å². The fraction of sp³-hybridized carbons (Fsp3) is 0.409. The lowest BCUT2D eigenvalue weighted by Crippen LogP contribution is -2.36. The van der Waals surface area contributed by atoms with Crippen molar-refractivity contribution in [2.75, 3.05) is 11.5 Å². The highest BCUT2D eigenvalue weighted by molar-refractivity contribution is 6.09. The summed E-state index contributed by atoms with van der Waals surface area (Å²) >= 11 is 0. The van der Waals surface area contributed by atoms with Gasteiger partial charge < -0.3 is 14.7 Å². The Labute approximate surface area is 154 Å². The summed E-state index contributed by atoms with van der Waals surface area (Å²) in [4.78, 5) is 15.2. The van der Waals surface area contributed by atoms with Crippen molar-refractivity contribution in [3.63, 3.8) is 0 Å². The summed E-state index contributed by atoms with van der Waals surface area (Å²) in [5, 5.41) is 9.26. The first-order valence-electron chi connectivity index (χ1n) is 9.24. The fourth-order valence-electron chi connectivity index (χ4n) is 4.30. The van der Waals surface area contributed by atoms with E-state index in [4.69, 9.17) is 4.74 Å². The minimum atomic E-state index is -0.617. The maximum atomic E-state index is 13.3. The van der Waals surface area contributed by atoms with Gasteiger partial charge in [0, 0.05) is 25.0 Å². The zero-order valence-corrected chi connectivity index (χ0v) is 15.6. The number of aliphatic hydroxyl groups excluding tert-OH is 1. The second-order valence-corrected chi connectivity index (χ2v) is 7.86. The Hall–Kier alpha value is -2.33. The van der Waals surface area contributed by atoms with Crippen LogP contribution in [-0.4, -0.2) is 23.7 Å². The average Bonchev–Trinajstić information content (AvgIpc) is 3.08. The van der Waals surface area contributed by atoms with E-state index in [9.17, 15) is 9.90 Å². The van der Waals surface area contributed by atoms with Crippen molar-refractivity contribution in [2.24, 2.45) is 0 Å². The van der Waals surface area contributed by atoms with Crippen molar-refractivity contribution < 1.29 is 14.6 Å². The summed E-state index contributed by atoms with van der Waals surface area (Å²) in [5.74, 6) is 0.972. The number of aliphatic hydroxyl groups is 1. The maximum Gasteiger partial charge on any atom is 0.237 e. The van der Waals surface area contributed by atoms with Gasteiger partial charge in [0.15, 0.2) is 0 Å². The molecule has 2 aliphatic rings. The average molecular weight is 351 g/mol. The molecule has 2 heterocycles. The standard InChI is InChI=1S/C22H25NO3/c1-14-11-16-12-17(9-10-24)26-20(16)18-19(14)23(21(25)22(18,2)3)13-15-7-5-4-6-8-15/h4-8,11,17,24H,9-10,12-13H2,1-3H3. The molecule has 1 atom stereocenters. The van der Waals surface area contributed by atoms with Crippen molar-refractivity contribution in [1.82, 2.24) is 0 Å². The van der Waals surface area contributed by atoms with Crippen LogP contribution in [0.5, 0.6) is 5.75 Å². The first kappa shape index (κ1) is 17.1. The highest BCUT2D eigenvalue weighted by Gasteiger charge is 2.48. The Balaban J connectivity index is 1.81. The predicted molar refractivity (Wildman–Crippen MR) is 102 cm³/mol. The quantitative estimate of drug-likeness (QED) is 0.917. The molecule has 1 N–H and O–H groups in total. The Kier molecular flexibility index (Phi) is 4.03. The second-order valence-electron chi connectivity index (χ2n) is 7.86. The summed E-state index contributed by atoms with van der Waals surface area (Å²) in [5.41, 5.74) is 4.77. The van der Waals surface area contributed by atoms with Crippen LogP contribution in [0.15, 0.2) is 36.4 Å². The zero-order valence-electron chi connectivity index (χ0n) is 15.6. The Morgan fingerprint density at radius 2 is 2.00 bits per heavy atom. The fourth-order valence-corrected chi connectivity index (χ4v) is 4.30. The summed E-state index contributed by atoms with van der Waals surface area (Å²) in [6.07, 6.45) is 1.41. The van der Waals surface area contributed by atoms with Crippen molar-refractivity contribution >= 4 is 11.6 Å². The number of carbonyl (C=O) groups is 1. The third-order valence-electron chi connectivity index (χ3n) is 5.56. The highest BCUT2D eigenvalue weighted by Crippen LogP contribution is 2.52. The second kappa shape index (κ2) is 6.13. The molecule has 0 spiro atoms. The molecule has 1 amide bonds. The molecule has 4 nitrogen and oxygen atoms in total. The third-order valence-corrected chi connectivity index (χ3v) is 5.56. The molecule has 0 saturated carbocycles. The monoisotopic (exact) mass is 351 g/mol. The van der Waals surface area contributed by atoms with Gasteiger partial charge in [0.05, 0.1) is 17.6 Å². The number of hydrogen-bond donors (Lipinski definition) is 1. The van der Waals surface area contributed by atoms with Crippen LogP contribution < -0.4 is 9.64 Å². The summed E-state index contributed by atoms with van der Waals surface area (Å²) < 4.78 is 6.19. The number of rotatable bonds is 4. The molecule has 0 aromatic heterocycles. The molecule has 4 rings (SSSR count). The SMILES string of the molecule is Cc1cc2c(c3c1N(Cc1ccccc1)C(=O)C3(C)C)OC(CCO)C2. The first-order chi connectivity index (χ1) is 12.4. The van der Waals surface area contributed by atoms with Gasteiger partial charge in [0.2, 0.25) is 5.91 Å². The van der Waals surface area contributed by atoms with E-state index < -0.39 is 5.41 Å². The number of benzene rings is 2. The van der Waals surface area contributed by atoms with Gasteiger partial charge in [-0.25, -0.2) is 0 Å². The number of carbonyl (C=O) groups excluding carboxylic acids is 1. The van der Waals surface area contributed by atoms with Crippen molar-refractivity contribution in [1.29, 1.82) is 0 Å². The van der Waals surface area contributed by atoms with Crippen LogP contribution in [0.3, 0.4) is 0 Å². The van der Waals surface area contributed by atoms with Crippen LogP contribution in [0, 0.1) is 6.92 Å². The molecule has 0 radical (unpaired) electrons. The van der Waals surface area contributed by atoms with Gasteiger partial charge in [-0.3, -0.25) is 4.79 Å². The van der Waals surface area contributed by atoms with E-state index in [2.05, 4.69) is 25.1 Å². The number of amides is 1. The van der Waals surface area contributed by atoms with E-state index in [1.165, 1.54) is 0 Å². The van der Waals surface area contributed by atoms with Gasteiger partial charge in [-0.15, -0.1) is 0 Å². The summed E-state index contributed by atoms with van der Waals surface area (Å²) in [6, 6.07) is 12.2. The van der Waals surface area contributed by atoms with E-state index in [1.54, 1.807) is 0 Å². The van der Waals surface area contributed by atoms with Gasteiger partial charge in [-0.1, -0.05) is 36.4 Å². The first-order valence-corrected chi connectivity index (χ1v) is 9.24. The summed E-state index contributed by atoms with van der Waals surface area (Å²) in [7, 11) is 0. The molecule has 26 heavy (non-hydrogen) atoms. The lowest BCUT2D eigenvalue weighted by atomic mass is 9.83. The number of nitrogens with zero attached hydrogens (tertiary/aromatic N) is 1. The number of hydrogen-bond acceptors (Lipinski definition) is 3. The summed E-state index contributed by atoms with van der Waals surface area (Å²) in [6.45, 7) is 6.73. The lowest BCUT2D eigenvalue weighted by molar-refractivity contribution is -0.122. The van der Waals surface area contributed by atoms with Gasteiger partial charge >= 0.3 is 0 Å². The van der Waals surface area contributed by atoms with E-state index in [-0.39, 0.29) is 18.6 Å². The van der Waals surface area contributed by atoms with Crippen LogP contribution >= 0.6 is 0 Å². The Bertz CT molecular complexity index is 857. The predicted octanol–water partition coefficient (Wildman–Crippen LogP) is 3.51. The van der Waals surface area contributed by atoms with Crippen LogP contribution in [0.4, 0.5) is 5.69 Å². The van der Waals surface area contributed by atoms with Crippen molar-refractivity contribution in [3.05, 3.63) is 58.7 Å². The van der Waals surface area contributed by atoms with E-state index in [1.807, 2.05) is 36.9 Å². The Morgan fingerprint density at radius 1 is 1.27 bits per heavy atom. The highest BCUT2D eigenvalue weighted by atomic mass is 16.5. The lowest BCUT2D eigenvalue weighted by Gasteiger charge is -2.21. The molecule has 4 heteroatoms. The molecule has 0 bridgehead atoms. The molecule has 1 unspecified atom stereocenters. The molecule has 2 aromatic rings. The number of aryl methyl sites for hydroxylation is 1. The molecule has 0 fully saturated rings. The molecule has 0 aliphatic carbocycles. The van der Waals surface area contributed by atoms with Gasteiger partial charge in [-0.05, 0) is 37.5 Å². The van der Waals surface area contributed by atoms with Crippen LogP contribution in [0.25, 0.3) is 0 Å². The molecular weight excluding hydrogens is 326 g/mol. The normalized spacial score (nSPS) is 20.1. The third kappa shape index (κ3) is 2.52. The van der Waals surface area contributed by atoms with Crippen LogP contribution in [-0.2, 0) is 23.2 Å². The molecule has 0 saturated heterocycles.